The summed E-state index contributed by atoms with van der Waals surface area (Å²) in [6, 6.07) is 1.15. The molecule has 1 aromatic heterocycles. The van der Waals surface area contributed by atoms with Gasteiger partial charge >= 0.3 is 0 Å². The standard InChI is InChI=1S/C11H12ClN3O3S/c1-6(16)19-5-7-2-10(18)15(4-7)11-13-8(12)3-9(17)14-11/h3,7H,2,4-5H2,1H3,(H,13,14,17). The third kappa shape index (κ3) is 3.57. The molecule has 0 saturated carbocycles. The molecular formula is C11H12ClN3O3S. The highest BCUT2D eigenvalue weighted by Gasteiger charge is 2.32. The van der Waals surface area contributed by atoms with Crippen molar-refractivity contribution in [2.45, 2.75) is 13.3 Å². The number of halogens is 1. The zero-order valence-corrected chi connectivity index (χ0v) is 11.8. The fourth-order valence-corrected chi connectivity index (χ4v) is 2.75. The molecule has 6 nitrogen and oxygen atoms in total. The van der Waals surface area contributed by atoms with Gasteiger partial charge in [-0.3, -0.25) is 24.3 Å². The van der Waals surface area contributed by atoms with Crippen molar-refractivity contribution >= 4 is 40.3 Å². The lowest BCUT2D eigenvalue weighted by Crippen LogP contribution is -2.28. The molecule has 1 fully saturated rings. The first-order valence-electron chi connectivity index (χ1n) is 5.66. The number of carbonyl (C=O) groups excluding carboxylic acids is 2. The SMILES string of the molecule is CC(=O)SCC1CC(=O)N(c2nc(Cl)cc(=O)[nH]2)C1. The van der Waals surface area contributed by atoms with Gasteiger partial charge in [0, 0.05) is 31.7 Å². The van der Waals surface area contributed by atoms with Crippen LogP contribution in [0.1, 0.15) is 13.3 Å². The second kappa shape index (κ2) is 5.75. The van der Waals surface area contributed by atoms with E-state index in [0.717, 1.165) is 6.07 Å². The van der Waals surface area contributed by atoms with Crippen molar-refractivity contribution in [2.24, 2.45) is 5.92 Å². The van der Waals surface area contributed by atoms with E-state index in [1.54, 1.807) is 0 Å². The molecule has 102 valence electrons. The zero-order chi connectivity index (χ0) is 14.0. The maximum Gasteiger partial charge on any atom is 0.253 e. The topological polar surface area (TPSA) is 83.1 Å². The van der Waals surface area contributed by atoms with Crippen LogP contribution in [0.5, 0.6) is 0 Å². The average Bonchev–Trinajstić information content (AvgIpc) is 2.66. The highest BCUT2D eigenvalue weighted by molar-refractivity contribution is 8.13. The van der Waals surface area contributed by atoms with Gasteiger partial charge in [0.2, 0.25) is 11.9 Å². The van der Waals surface area contributed by atoms with Crippen LogP contribution in [-0.4, -0.2) is 33.3 Å². The molecule has 1 saturated heterocycles. The molecule has 0 aliphatic carbocycles. The number of anilines is 1. The first-order valence-corrected chi connectivity index (χ1v) is 7.02. The van der Waals surface area contributed by atoms with Crippen molar-refractivity contribution in [3.05, 3.63) is 21.6 Å². The van der Waals surface area contributed by atoms with Crippen LogP contribution in [0.3, 0.4) is 0 Å². The second-order valence-corrected chi connectivity index (χ2v) is 5.85. The molecule has 1 unspecified atom stereocenters. The van der Waals surface area contributed by atoms with Gasteiger partial charge in [0.25, 0.3) is 5.56 Å². The first kappa shape index (κ1) is 14.1. The molecule has 0 aromatic carbocycles. The quantitative estimate of drug-likeness (QED) is 0.844. The molecule has 0 radical (unpaired) electrons. The van der Waals surface area contributed by atoms with Crippen molar-refractivity contribution in [3.8, 4) is 0 Å². The number of hydrogen-bond acceptors (Lipinski definition) is 5. The number of aromatic nitrogens is 2. The molecular weight excluding hydrogens is 290 g/mol. The van der Waals surface area contributed by atoms with Gasteiger partial charge in [0.1, 0.15) is 5.15 Å². The number of nitrogens with one attached hydrogen (secondary N) is 1. The molecule has 1 aromatic rings. The van der Waals surface area contributed by atoms with Gasteiger partial charge in [0.15, 0.2) is 5.12 Å². The number of carbonyl (C=O) groups is 2. The van der Waals surface area contributed by atoms with Crippen molar-refractivity contribution < 1.29 is 9.59 Å². The third-order valence-corrected chi connectivity index (χ3v) is 3.92. The molecule has 0 spiro atoms. The van der Waals surface area contributed by atoms with Crippen molar-refractivity contribution in [2.75, 3.05) is 17.2 Å². The molecule has 2 rings (SSSR count). The van der Waals surface area contributed by atoms with Crippen molar-refractivity contribution in [3.63, 3.8) is 0 Å². The molecule has 1 atom stereocenters. The molecule has 1 amide bonds. The average molecular weight is 302 g/mol. The molecule has 2 heterocycles. The van der Waals surface area contributed by atoms with E-state index >= 15 is 0 Å². The monoisotopic (exact) mass is 301 g/mol. The van der Waals surface area contributed by atoms with Crippen LogP contribution < -0.4 is 10.5 Å². The number of H-pyrrole nitrogens is 1. The summed E-state index contributed by atoms with van der Waals surface area (Å²) < 4.78 is 0. The summed E-state index contributed by atoms with van der Waals surface area (Å²) in [5.74, 6) is 0.700. The Hall–Kier alpha value is -1.34. The highest BCUT2D eigenvalue weighted by Crippen LogP contribution is 2.25. The maximum absolute atomic E-state index is 11.9. The predicted molar refractivity (Wildman–Crippen MR) is 73.5 cm³/mol. The summed E-state index contributed by atoms with van der Waals surface area (Å²) in [6.07, 6.45) is 0.344. The smallest absolute Gasteiger partial charge is 0.253 e. The number of rotatable bonds is 3. The Morgan fingerprint density at radius 1 is 1.63 bits per heavy atom. The largest absolute Gasteiger partial charge is 0.292 e. The first-order chi connectivity index (χ1) is 8.95. The number of hydrogen-bond donors (Lipinski definition) is 1. The number of aromatic amines is 1. The van der Waals surface area contributed by atoms with E-state index in [0.29, 0.717) is 18.7 Å². The van der Waals surface area contributed by atoms with E-state index in [2.05, 4.69) is 9.97 Å². The fourth-order valence-electron chi connectivity index (χ4n) is 1.88. The number of amides is 1. The van der Waals surface area contributed by atoms with Gasteiger partial charge in [-0.05, 0) is 5.92 Å². The minimum absolute atomic E-state index is 0.0280. The molecule has 1 aliphatic heterocycles. The van der Waals surface area contributed by atoms with Gasteiger partial charge in [-0.25, -0.2) is 4.98 Å². The summed E-state index contributed by atoms with van der Waals surface area (Å²) in [7, 11) is 0. The second-order valence-electron chi connectivity index (χ2n) is 4.27. The predicted octanol–water partition coefficient (Wildman–Crippen LogP) is 1.06. The number of thioether (sulfide) groups is 1. The highest BCUT2D eigenvalue weighted by atomic mass is 35.5. The Bertz CT molecular complexity index is 575. The van der Waals surface area contributed by atoms with Gasteiger partial charge in [0.05, 0.1) is 0 Å². The fraction of sp³-hybridized carbons (Fsp3) is 0.455. The normalized spacial score (nSPS) is 18.9. The lowest BCUT2D eigenvalue weighted by atomic mass is 10.1. The van der Waals surface area contributed by atoms with E-state index in [1.807, 2.05) is 0 Å². The summed E-state index contributed by atoms with van der Waals surface area (Å²) in [4.78, 5) is 41.9. The van der Waals surface area contributed by atoms with Crippen LogP contribution in [0.15, 0.2) is 10.9 Å². The minimum atomic E-state index is -0.399. The Kier molecular flexibility index (Phi) is 4.26. The van der Waals surface area contributed by atoms with E-state index in [1.165, 1.54) is 23.6 Å². The maximum atomic E-state index is 11.9. The lowest BCUT2D eigenvalue weighted by Gasteiger charge is -2.14. The van der Waals surface area contributed by atoms with Crippen LogP contribution >= 0.6 is 23.4 Å². The third-order valence-electron chi connectivity index (χ3n) is 2.68. The van der Waals surface area contributed by atoms with Gasteiger partial charge < -0.3 is 0 Å². The van der Waals surface area contributed by atoms with Crippen LogP contribution in [0, 0.1) is 5.92 Å². The Balaban J connectivity index is 2.11. The van der Waals surface area contributed by atoms with Crippen LogP contribution in [0.2, 0.25) is 5.15 Å². The summed E-state index contributed by atoms with van der Waals surface area (Å²) >= 11 is 6.90. The van der Waals surface area contributed by atoms with Crippen LogP contribution in [0.25, 0.3) is 0 Å². The van der Waals surface area contributed by atoms with Crippen LogP contribution in [0.4, 0.5) is 5.95 Å². The molecule has 8 heteroatoms. The molecule has 1 aliphatic rings. The summed E-state index contributed by atoms with van der Waals surface area (Å²) in [6.45, 7) is 1.93. The Labute approximate surface area is 118 Å². The van der Waals surface area contributed by atoms with Crippen LogP contribution in [-0.2, 0) is 9.59 Å². The summed E-state index contributed by atoms with van der Waals surface area (Å²) in [5, 5.41) is 0.0771. The molecule has 1 N–H and O–H groups in total. The molecule has 0 bridgehead atoms. The van der Waals surface area contributed by atoms with Gasteiger partial charge in [-0.1, -0.05) is 23.4 Å². The van der Waals surface area contributed by atoms with E-state index in [9.17, 15) is 14.4 Å². The summed E-state index contributed by atoms with van der Waals surface area (Å²) in [5.41, 5.74) is -0.399. The Morgan fingerprint density at radius 3 is 3.00 bits per heavy atom. The zero-order valence-electron chi connectivity index (χ0n) is 10.2. The minimum Gasteiger partial charge on any atom is -0.292 e. The molecule has 19 heavy (non-hydrogen) atoms. The van der Waals surface area contributed by atoms with Gasteiger partial charge in [-0.15, -0.1) is 0 Å². The van der Waals surface area contributed by atoms with Crippen molar-refractivity contribution in [1.82, 2.24) is 9.97 Å². The number of nitrogens with zero attached hydrogens (tertiary/aromatic N) is 2. The van der Waals surface area contributed by atoms with E-state index < -0.39 is 5.56 Å². The van der Waals surface area contributed by atoms with Gasteiger partial charge in [-0.2, -0.15) is 0 Å². The van der Waals surface area contributed by atoms with E-state index in [-0.39, 0.29) is 28.0 Å². The van der Waals surface area contributed by atoms with E-state index in [4.69, 9.17) is 11.6 Å². The van der Waals surface area contributed by atoms with Crippen molar-refractivity contribution in [1.29, 1.82) is 0 Å². The Morgan fingerprint density at radius 2 is 2.37 bits per heavy atom. The lowest BCUT2D eigenvalue weighted by molar-refractivity contribution is -0.117.